The third kappa shape index (κ3) is 2.87. The molecule has 86 valence electrons. The van der Waals surface area contributed by atoms with Gasteiger partial charge < -0.3 is 9.84 Å². The van der Waals surface area contributed by atoms with E-state index in [0.717, 1.165) is 12.1 Å². The summed E-state index contributed by atoms with van der Waals surface area (Å²) in [7, 11) is 0. The molecule has 0 heterocycles. The molecule has 0 aliphatic heterocycles. The number of rotatable bonds is 3. The summed E-state index contributed by atoms with van der Waals surface area (Å²) in [6, 6.07) is 4.22. The van der Waals surface area contributed by atoms with Crippen LogP contribution in [0.15, 0.2) is 18.2 Å². The Morgan fingerprint density at radius 1 is 1.38 bits per heavy atom. The van der Waals surface area contributed by atoms with Gasteiger partial charge in [-0.2, -0.15) is 18.4 Å². The molecule has 0 radical (unpaired) electrons. The van der Waals surface area contributed by atoms with Gasteiger partial charge in [0.25, 0.3) is 0 Å². The highest BCUT2D eigenvalue weighted by molar-refractivity contribution is 5.46. The van der Waals surface area contributed by atoms with Gasteiger partial charge in [-0.25, -0.2) is 0 Å². The van der Waals surface area contributed by atoms with E-state index < -0.39 is 11.7 Å². The van der Waals surface area contributed by atoms with Gasteiger partial charge in [0.15, 0.2) is 0 Å². The van der Waals surface area contributed by atoms with Crippen molar-refractivity contribution in [2.24, 2.45) is 0 Å². The fraction of sp³-hybridized carbons (Fsp3) is 0.300. The van der Waals surface area contributed by atoms with Crippen LogP contribution in [0, 0.1) is 11.3 Å². The van der Waals surface area contributed by atoms with Crippen LogP contribution in [-0.4, -0.2) is 18.3 Å². The molecule has 3 nitrogen and oxygen atoms in total. The Hall–Kier alpha value is -1.74. The molecule has 0 spiro atoms. The predicted octanol–water partition coefficient (Wildman–Crippen LogP) is 1.95. The summed E-state index contributed by atoms with van der Waals surface area (Å²) in [6.45, 7) is -0.341. The lowest BCUT2D eigenvalue weighted by atomic mass is 10.1. The number of nitrogens with zero attached hydrogens (tertiary/aromatic N) is 1. The zero-order valence-corrected chi connectivity index (χ0v) is 8.08. The minimum absolute atomic E-state index is 0.0320. The van der Waals surface area contributed by atoms with Gasteiger partial charge in [0.05, 0.1) is 17.7 Å². The molecule has 0 saturated heterocycles. The standard InChI is InChI=1S/C10H8F3NO2/c11-10(12,13)8-1-2-9(16-4-3-15)7(5-8)6-14/h1-2,5,15H,3-4H2. The summed E-state index contributed by atoms with van der Waals surface area (Å²) in [4.78, 5) is 0. The molecular formula is C10H8F3NO2. The molecule has 16 heavy (non-hydrogen) atoms. The van der Waals surface area contributed by atoms with E-state index in [-0.39, 0.29) is 24.5 Å². The molecule has 1 aromatic rings. The van der Waals surface area contributed by atoms with Gasteiger partial charge in [-0.1, -0.05) is 0 Å². The summed E-state index contributed by atoms with van der Waals surface area (Å²) in [5.74, 6) is 0.0320. The van der Waals surface area contributed by atoms with Gasteiger partial charge in [0.2, 0.25) is 0 Å². The van der Waals surface area contributed by atoms with Gasteiger partial charge in [-0.05, 0) is 18.2 Å². The molecule has 1 N–H and O–H groups in total. The number of hydrogen-bond donors (Lipinski definition) is 1. The lowest BCUT2D eigenvalue weighted by Gasteiger charge is -2.10. The minimum Gasteiger partial charge on any atom is -0.490 e. The Labute approximate surface area is 89.7 Å². The Balaban J connectivity index is 3.04. The first-order valence-corrected chi connectivity index (χ1v) is 4.34. The van der Waals surface area contributed by atoms with E-state index >= 15 is 0 Å². The number of benzene rings is 1. The lowest BCUT2D eigenvalue weighted by molar-refractivity contribution is -0.137. The fourth-order valence-corrected chi connectivity index (χ4v) is 1.08. The summed E-state index contributed by atoms with van der Waals surface area (Å²) >= 11 is 0. The normalized spacial score (nSPS) is 10.9. The molecule has 0 saturated carbocycles. The maximum atomic E-state index is 12.3. The average molecular weight is 231 g/mol. The van der Waals surface area contributed by atoms with Crippen LogP contribution >= 0.6 is 0 Å². The van der Waals surface area contributed by atoms with E-state index in [1.165, 1.54) is 0 Å². The van der Waals surface area contributed by atoms with Crippen LogP contribution in [0.25, 0.3) is 0 Å². The zero-order valence-electron chi connectivity index (χ0n) is 8.08. The van der Waals surface area contributed by atoms with E-state index in [1.54, 1.807) is 6.07 Å². The Bertz CT molecular complexity index is 410. The molecule has 0 amide bonds. The largest absolute Gasteiger partial charge is 0.490 e. The topological polar surface area (TPSA) is 53.2 Å². The molecule has 1 aromatic carbocycles. The van der Waals surface area contributed by atoms with Gasteiger partial charge in [0.1, 0.15) is 18.4 Å². The molecule has 6 heteroatoms. The molecule has 0 unspecified atom stereocenters. The first-order chi connectivity index (χ1) is 7.49. The van der Waals surface area contributed by atoms with Gasteiger partial charge >= 0.3 is 6.18 Å². The Morgan fingerprint density at radius 2 is 2.06 bits per heavy atom. The molecule has 0 aliphatic carbocycles. The smallest absolute Gasteiger partial charge is 0.416 e. The Kier molecular flexibility index (Phi) is 3.74. The molecule has 1 rings (SSSR count). The van der Waals surface area contributed by atoms with E-state index in [0.29, 0.717) is 6.07 Å². The second-order valence-corrected chi connectivity index (χ2v) is 2.89. The maximum Gasteiger partial charge on any atom is 0.416 e. The van der Waals surface area contributed by atoms with Crippen LogP contribution in [0.3, 0.4) is 0 Å². The summed E-state index contributed by atoms with van der Waals surface area (Å²) in [5.41, 5.74) is -1.11. The number of halogens is 3. The zero-order chi connectivity index (χ0) is 12.2. The number of hydrogen-bond acceptors (Lipinski definition) is 3. The van der Waals surface area contributed by atoms with Crippen molar-refractivity contribution in [1.82, 2.24) is 0 Å². The van der Waals surface area contributed by atoms with Crippen molar-refractivity contribution in [3.05, 3.63) is 29.3 Å². The highest BCUT2D eigenvalue weighted by Gasteiger charge is 2.31. The average Bonchev–Trinajstić information content (AvgIpc) is 2.24. The maximum absolute atomic E-state index is 12.3. The quantitative estimate of drug-likeness (QED) is 0.864. The van der Waals surface area contributed by atoms with Crippen molar-refractivity contribution in [3.63, 3.8) is 0 Å². The van der Waals surface area contributed by atoms with Crippen molar-refractivity contribution < 1.29 is 23.0 Å². The molecule has 0 fully saturated rings. The van der Waals surface area contributed by atoms with Crippen molar-refractivity contribution >= 4 is 0 Å². The van der Waals surface area contributed by atoms with Crippen LogP contribution in [0.1, 0.15) is 11.1 Å². The molecule has 0 bridgehead atoms. The summed E-state index contributed by atoms with van der Waals surface area (Å²) in [5, 5.41) is 17.1. The summed E-state index contributed by atoms with van der Waals surface area (Å²) in [6.07, 6.45) is -4.49. The molecule has 0 aromatic heterocycles. The number of alkyl halides is 3. The lowest BCUT2D eigenvalue weighted by Crippen LogP contribution is -2.07. The van der Waals surface area contributed by atoms with Crippen molar-refractivity contribution in [1.29, 1.82) is 5.26 Å². The molecule has 0 atom stereocenters. The van der Waals surface area contributed by atoms with E-state index in [2.05, 4.69) is 0 Å². The predicted molar refractivity (Wildman–Crippen MR) is 48.7 cm³/mol. The first kappa shape index (κ1) is 12.3. The monoisotopic (exact) mass is 231 g/mol. The molecular weight excluding hydrogens is 223 g/mol. The highest BCUT2D eigenvalue weighted by Crippen LogP contribution is 2.32. The second kappa shape index (κ2) is 4.86. The third-order valence-electron chi connectivity index (χ3n) is 1.78. The van der Waals surface area contributed by atoms with Gasteiger partial charge in [-0.15, -0.1) is 0 Å². The second-order valence-electron chi connectivity index (χ2n) is 2.89. The van der Waals surface area contributed by atoms with Gasteiger partial charge in [0, 0.05) is 0 Å². The highest BCUT2D eigenvalue weighted by atomic mass is 19.4. The van der Waals surface area contributed by atoms with Crippen molar-refractivity contribution in [2.45, 2.75) is 6.18 Å². The van der Waals surface area contributed by atoms with E-state index in [4.69, 9.17) is 15.1 Å². The number of ether oxygens (including phenoxy) is 1. The third-order valence-corrected chi connectivity index (χ3v) is 1.78. The van der Waals surface area contributed by atoms with Crippen LogP contribution in [0.5, 0.6) is 5.75 Å². The number of nitriles is 1. The molecule has 0 aliphatic rings. The first-order valence-electron chi connectivity index (χ1n) is 4.34. The van der Waals surface area contributed by atoms with Crippen LogP contribution < -0.4 is 4.74 Å². The number of aliphatic hydroxyl groups is 1. The Morgan fingerprint density at radius 3 is 2.56 bits per heavy atom. The van der Waals surface area contributed by atoms with Crippen LogP contribution in [0.4, 0.5) is 13.2 Å². The van der Waals surface area contributed by atoms with Crippen molar-refractivity contribution in [2.75, 3.05) is 13.2 Å². The number of aliphatic hydroxyl groups excluding tert-OH is 1. The summed E-state index contributed by atoms with van der Waals surface area (Å²) < 4.78 is 41.8. The van der Waals surface area contributed by atoms with E-state index in [1.807, 2.05) is 0 Å². The minimum atomic E-state index is -4.49. The van der Waals surface area contributed by atoms with Crippen LogP contribution in [-0.2, 0) is 6.18 Å². The van der Waals surface area contributed by atoms with Crippen molar-refractivity contribution in [3.8, 4) is 11.8 Å². The van der Waals surface area contributed by atoms with Crippen LogP contribution in [0.2, 0.25) is 0 Å². The SMILES string of the molecule is N#Cc1cc(C(F)(F)F)ccc1OCCO. The van der Waals surface area contributed by atoms with Gasteiger partial charge in [-0.3, -0.25) is 0 Å². The fourth-order valence-electron chi connectivity index (χ4n) is 1.08. The van der Waals surface area contributed by atoms with E-state index in [9.17, 15) is 13.2 Å².